The first-order valence-electron chi connectivity index (χ1n) is 8.77. The standard InChI is InChI=1S/C19H29N3O3/c1-5-14(2)22-18(20-11-10-16-7-6-12-24-16)21-13-19(4,23)17-9-8-15(3)25-17/h6-9,12,14,23H,5,10-11,13H2,1-4H3,(H2,20,21,22). The summed E-state index contributed by atoms with van der Waals surface area (Å²) in [5.41, 5.74) is -1.15. The summed E-state index contributed by atoms with van der Waals surface area (Å²) in [5, 5.41) is 17.3. The van der Waals surface area contributed by atoms with Crippen molar-refractivity contribution in [2.24, 2.45) is 4.99 Å². The summed E-state index contributed by atoms with van der Waals surface area (Å²) in [7, 11) is 0. The van der Waals surface area contributed by atoms with E-state index in [0.717, 1.165) is 24.4 Å². The first kappa shape index (κ1) is 19.1. The molecule has 0 aromatic carbocycles. The van der Waals surface area contributed by atoms with Gasteiger partial charge in [0, 0.05) is 19.0 Å². The Morgan fingerprint density at radius 3 is 2.76 bits per heavy atom. The van der Waals surface area contributed by atoms with Gasteiger partial charge < -0.3 is 24.6 Å². The van der Waals surface area contributed by atoms with Crippen molar-refractivity contribution in [2.75, 3.05) is 13.1 Å². The molecular formula is C19H29N3O3. The Kier molecular flexibility index (Phi) is 6.70. The van der Waals surface area contributed by atoms with E-state index in [1.165, 1.54) is 0 Å². The monoisotopic (exact) mass is 347 g/mol. The minimum atomic E-state index is -1.15. The summed E-state index contributed by atoms with van der Waals surface area (Å²) in [6.07, 6.45) is 3.42. The van der Waals surface area contributed by atoms with Gasteiger partial charge in [-0.3, -0.25) is 0 Å². The number of guanidine groups is 1. The molecule has 0 fully saturated rings. The van der Waals surface area contributed by atoms with Crippen LogP contribution in [0.5, 0.6) is 0 Å². The van der Waals surface area contributed by atoms with Crippen LogP contribution in [-0.2, 0) is 12.0 Å². The molecule has 0 aliphatic rings. The molecule has 0 aliphatic heterocycles. The second kappa shape index (κ2) is 8.76. The van der Waals surface area contributed by atoms with Crippen molar-refractivity contribution in [1.29, 1.82) is 0 Å². The van der Waals surface area contributed by atoms with Gasteiger partial charge in [0.1, 0.15) is 22.9 Å². The van der Waals surface area contributed by atoms with E-state index in [4.69, 9.17) is 8.83 Å². The zero-order valence-corrected chi connectivity index (χ0v) is 15.5. The molecule has 0 saturated heterocycles. The van der Waals surface area contributed by atoms with Gasteiger partial charge in [0.15, 0.2) is 5.96 Å². The third kappa shape index (κ3) is 5.98. The normalized spacial score (nSPS) is 15.6. The molecule has 0 amide bonds. The molecule has 2 aromatic heterocycles. The Bertz CT molecular complexity index is 659. The molecule has 0 saturated carbocycles. The predicted octanol–water partition coefficient (Wildman–Crippen LogP) is 2.96. The highest BCUT2D eigenvalue weighted by atomic mass is 16.4. The van der Waals surface area contributed by atoms with Crippen LogP contribution in [0.4, 0.5) is 0 Å². The Hall–Kier alpha value is -2.21. The number of aliphatic hydroxyl groups is 1. The van der Waals surface area contributed by atoms with Gasteiger partial charge in [0.25, 0.3) is 0 Å². The second-order valence-corrected chi connectivity index (χ2v) is 6.56. The molecule has 2 atom stereocenters. The Balaban J connectivity index is 1.98. The van der Waals surface area contributed by atoms with E-state index in [1.807, 2.05) is 25.1 Å². The summed E-state index contributed by atoms with van der Waals surface area (Å²) in [6, 6.07) is 7.74. The van der Waals surface area contributed by atoms with Crippen LogP contribution in [0.25, 0.3) is 0 Å². The first-order chi connectivity index (χ1) is 11.9. The van der Waals surface area contributed by atoms with E-state index in [9.17, 15) is 5.11 Å². The number of furan rings is 2. The molecule has 0 spiro atoms. The van der Waals surface area contributed by atoms with E-state index < -0.39 is 5.60 Å². The minimum absolute atomic E-state index is 0.201. The molecule has 3 N–H and O–H groups in total. The van der Waals surface area contributed by atoms with Crippen molar-refractivity contribution in [1.82, 2.24) is 10.6 Å². The molecule has 2 rings (SSSR count). The number of rotatable bonds is 8. The highest BCUT2D eigenvalue weighted by molar-refractivity contribution is 5.80. The van der Waals surface area contributed by atoms with Crippen LogP contribution in [-0.4, -0.2) is 30.2 Å². The van der Waals surface area contributed by atoms with Gasteiger partial charge in [0.05, 0.1) is 12.8 Å². The third-order valence-corrected chi connectivity index (χ3v) is 4.06. The van der Waals surface area contributed by atoms with Crippen LogP contribution in [0.2, 0.25) is 0 Å². The van der Waals surface area contributed by atoms with Crippen molar-refractivity contribution in [2.45, 2.75) is 52.2 Å². The van der Waals surface area contributed by atoms with Gasteiger partial charge in [0.2, 0.25) is 0 Å². The zero-order valence-electron chi connectivity index (χ0n) is 15.5. The fourth-order valence-corrected chi connectivity index (χ4v) is 2.28. The highest BCUT2D eigenvalue weighted by Gasteiger charge is 2.26. The Morgan fingerprint density at radius 2 is 2.16 bits per heavy atom. The Labute approximate surface area is 149 Å². The minimum Gasteiger partial charge on any atom is -0.469 e. The summed E-state index contributed by atoms with van der Waals surface area (Å²) in [5.74, 6) is 2.89. The number of nitrogens with one attached hydrogen (secondary N) is 2. The average molecular weight is 347 g/mol. The maximum atomic E-state index is 10.6. The summed E-state index contributed by atoms with van der Waals surface area (Å²) in [4.78, 5) is 4.54. The van der Waals surface area contributed by atoms with Gasteiger partial charge in [-0.2, -0.15) is 0 Å². The number of aryl methyl sites for hydroxylation is 1. The number of aliphatic imine (C=N–C) groups is 1. The predicted molar refractivity (Wildman–Crippen MR) is 98.6 cm³/mol. The van der Waals surface area contributed by atoms with Crippen LogP contribution in [0.1, 0.15) is 44.5 Å². The van der Waals surface area contributed by atoms with Gasteiger partial charge >= 0.3 is 0 Å². The van der Waals surface area contributed by atoms with Crippen molar-refractivity contribution >= 4 is 5.96 Å². The first-order valence-corrected chi connectivity index (χ1v) is 8.77. The summed E-state index contributed by atoms with van der Waals surface area (Å²) >= 11 is 0. The van der Waals surface area contributed by atoms with Gasteiger partial charge in [-0.15, -0.1) is 0 Å². The topological polar surface area (TPSA) is 82.9 Å². The highest BCUT2D eigenvalue weighted by Crippen LogP contribution is 2.23. The number of nitrogens with zero attached hydrogens (tertiary/aromatic N) is 1. The number of hydrogen-bond acceptors (Lipinski definition) is 4. The molecule has 2 aromatic rings. The molecule has 2 unspecified atom stereocenters. The quantitative estimate of drug-likeness (QED) is 0.505. The lowest BCUT2D eigenvalue weighted by atomic mass is 10.0. The molecule has 6 heteroatoms. The van der Waals surface area contributed by atoms with E-state index >= 15 is 0 Å². The molecule has 6 nitrogen and oxygen atoms in total. The molecule has 25 heavy (non-hydrogen) atoms. The van der Waals surface area contributed by atoms with Gasteiger partial charge in [-0.25, -0.2) is 4.99 Å². The number of hydrogen-bond donors (Lipinski definition) is 3. The van der Waals surface area contributed by atoms with E-state index in [2.05, 4.69) is 29.5 Å². The lowest BCUT2D eigenvalue weighted by Crippen LogP contribution is -2.43. The smallest absolute Gasteiger partial charge is 0.191 e. The lowest BCUT2D eigenvalue weighted by Gasteiger charge is -2.21. The third-order valence-electron chi connectivity index (χ3n) is 4.06. The zero-order chi connectivity index (χ0) is 18.3. The van der Waals surface area contributed by atoms with Crippen molar-refractivity contribution < 1.29 is 13.9 Å². The van der Waals surface area contributed by atoms with Crippen molar-refractivity contribution in [3.05, 3.63) is 47.8 Å². The van der Waals surface area contributed by atoms with Crippen LogP contribution in [0.3, 0.4) is 0 Å². The SMILES string of the molecule is CCC(C)NC(=NCC(C)(O)c1ccc(C)o1)NCCc1ccco1. The molecule has 0 aliphatic carbocycles. The van der Waals surface area contributed by atoms with Crippen molar-refractivity contribution in [3.63, 3.8) is 0 Å². The van der Waals surface area contributed by atoms with Crippen LogP contribution in [0, 0.1) is 6.92 Å². The Morgan fingerprint density at radius 1 is 1.36 bits per heavy atom. The molecule has 2 heterocycles. The van der Waals surface area contributed by atoms with E-state index in [0.29, 0.717) is 18.3 Å². The fraction of sp³-hybridized carbons (Fsp3) is 0.526. The van der Waals surface area contributed by atoms with Gasteiger partial charge in [-0.1, -0.05) is 6.92 Å². The van der Waals surface area contributed by atoms with Crippen LogP contribution in [0.15, 0.2) is 44.4 Å². The molecular weight excluding hydrogens is 318 g/mol. The summed E-state index contributed by atoms with van der Waals surface area (Å²) < 4.78 is 10.9. The van der Waals surface area contributed by atoms with Crippen molar-refractivity contribution in [3.8, 4) is 0 Å². The maximum Gasteiger partial charge on any atom is 0.191 e. The van der Waals surface area contributed by atoms with Crippen LogP contribution >= 0.6 is 0 Å². The van der Waals surface area contributed by atoms with Gasteiger partial charge in [-0.05, 0) is 51.5 Å². The molecule has 0 radical (unpaired) electrons. The second-order valence-electron chi connectivity index (χ2n) is 6.56. The van der Waals surface area contributed by atoms with E-state index in [1.54, 1.807) is 19.3 Å². The molecule has 0 bridgehead atoms. The average Bonchev–Trinajstić information content (AvgIpc) is 3.24. The lowest BCUT2D eigenvalue weighted by molar-refractivity contribution is 0.0428. The van der Waals surface area contributed by atoms with E-state index in [-0.39, 0.29) is 12.6 Å². The molecule has 138 valence electrons. The maximum absolute atomic E-state index is 10.6. The summed E-state index contributed by atoms with van der Waals surface area (Å²) in [6.45, 7) is 8.66. The van der Waals surface area contributed by atoms with Crippen LogP contribution < -0.4 is 10.6 Å². The fourth-order valence-electron chi connectivity index (χ4n) is 2.28. The largest absolute Gasteiger partial charge is 0.469 e.